The van der Waals surface area contributed by atoms with Crippen molar-refractivity contribution in [3.05, 3.63) is 181 Å². The first-order chi connectivity index (χ1) is 26.4. The molecule has 0 spiro atoms. The monoisotopic (exact) mass is 708 g/mol. The molecule has 0 aliphatic carbocycles. The Morgan fingerprint density at radius 1 is 0.611 bits per heavy atom. The van der Waals surface area contributed by atoms with Crippen molar-refractivity contribution in [2.75, 3.05) is 20.3 Å². The quantitative estimate of drug-likeness (QED) is 0.0391. The van der Waals surface area contributed by atoms with Crippen LogP contribution in [0.2, 0.25) is 0 Å². The summed E-state index contributed by atoms with van der Waals surface area (Å²) in [7, 11) is 1.50. The number of benzene rings is 6. The Balaban J connectivity index is 0.00000276. The summed E-state index contributed by atoms with van der Waals surface area (Å²) in [4.78, 5) is 3.67. The van der Waals surface area contributed by atoms with E-state index in [0.717, 1.165) is 66.1 Å². The lowest BCUT2D eigenvalue weighted by Crippen LogP contribution is -2.00. The van der Waals surface area contributed by atoms with E-state index in [0.29, 0.717) is 22.3 Å². The second-order valence-corrected chi connectivity index (χ2v) is 12.3. The van der Waals surface area contributed by atoms with Crippen molar-refractivity contribution in [3.63, 3.8) is 0 Å². The van der Waals surface area contributed by atoms with E-state index in [2.05, 4.69) is 116 Å². The highest BCUT2D eigenvalue weighted by Gasteiger charge is 2.19. The number of hydrogen-bond donors (Lipinski definition) is 4. The number of aliphatic imine (C=N–C) groups is 1. The number of aliphatic hydroxyl groups excluding tert-OH is 1. The Morgan fingerprint density at radius 3 is 1.57 bits per heavy atom. The van der Waals surface area contributed by atoms with Crippen LogP contribution < -0.4 is 5.73 Å². The predicted octanol–water partition coefficient (Wildman–Crippen LogP) is 10.9. The van der Waals surface area contributed by atoms with Gasteiger partial charge in [0.05, 0.1) is 12.8 Å². The van der Waals surface area contributed by atoms with E-state index in [1.165, 1.54) is 31.9 Å². The van der Waals surface area contributed by atoms with Crippen molar-refractivity contribution in [2.24, 2.45) is 10.7 Å². The fourth-order valence-corrected chi connectivity index (χ4v) is 6.51. The van der Waals surface area contributed by atoms with Gasteiger partial charge in [0.2, 0.25) is 0 Å². The van der Waals surface area contributed by atoms with Crippen LogP contribution in [0.1, 0.15) is 11.1 Å². The largest absolute Gasteiger partial charge is 0.495 e. The molecule has 6 nitrogen and oxygen atoms in total. The van der Waals surface area contributed by atoms with Crippen molar-refractivity contribution in [2.45, 2.75) is 0 Å². The maximum atomic E-state index is 9.93. The van der Waals surface area contributed by atoms with E-state index < -0.39 is 0 Å². The maximum Gasteiger partial charge on any atom is 0.112 e. The number of hydrogen-bond acceptors (Lipinski definition) is 6. The third-order valence-corrected chi connectivity index (χ3v) is 8.85. The minimum absolute atomic E-state index is 0.215. The Kier molecular flexibility index (Phi) is 13.3. The van der Waals surface area contributed by atoms with E-state index in [4.69, 9.17) is 15.6 Å². The summed E-state index contributed by atoms with van der Waals surface area (Å²) < 4.78 is 5.56. The number of nitrogens with zero attached hydrogens (tertiary/aromatic N) is 1. The standard InChI is InChI=1S/C47H39N3O2.CH5N/c1-32(30-51)22-40(28-48)47-43-17-11-10-16-42(43)46(41(29-49)23-33(2)31-52-21-20-50-3)44-19-18-36(27-45(44)47)39-25-37(34-12-6-4-7-13-34)24-38(26-39)35-14-8-5-9-15-35;1-2/h4-29,48-49,51H,1-3,30-31H2;2H2,1H3/b21-20-,40-22+,41-23+,48-28?,49-29?;. The third kappa shape index (κ3) is 8.65. The van der Waals surface area contributed by atoms with Crippen LogP contribution in [-0.4, -0.2) is 44.5 Å². The number of ether oxygens (including phenoxy) is 1. The van der Waals surface area contributed by atoms with E-state index in [-0.39, 0.29) is 13.2 Å². The number of rotatable bonds is 14. The van der Waals surface area contributed by atoms with E-state index in [9.17, 15) is 5.11 Å². The number of fused-ring (bicyclic) bond motifs is 2. The van der Waals surface area contributed by atoms with Gasteiger partial charge in [0.25, 0.3) is 0 Å². The summed E-state index contributed by atoms with van der Waals surface area (Å²) >= 11 is 0. The molecule has 0 atom stereocenters. The summed E-state index contributed by atoms with van der Waals surface area (Å²) in [6.07, 6.45) is 9.21. The zero-order chi connectivity index (χ0) is 38.5. The summed E-state index contributed by atoms with van der Waals surface area (Å²) in [6.45, 7) is 11.6. The van der Waals surface area contributed by atoms with Crippen LogP contribution in [0.4, 0.5) is 0 Å². The zero-order valence-electron chi connectivity index (χ0n) is 30.4. The molecule has 6 aromatic rings. The topological polar surface area (TPSA) is 116 Å². The van der Waals surface area contributed by atoms with Crippen LogP contribution in [0.15, 0.2) is 175 Å². The van der Waals surface area contributed by atoms with Crippen LogP contribution in [0.25, 0.3) is 66.1 Å². The summed E-state index contributed by atoms with van der Waals surface area (Å²) in [5, 5.41) is 30.6. The zero-order valence-corrected chi connectivity index (χ0v) is 30.4. The Bertz CT molecular complexity index is 2370. The number of allylic oxidation sites excluding steroid dienone is 2. The second kappa shape index (κ2) is 18.7. The SMILES string of the molecule is C=N/C=C\OCC(=C)/C=C(\C=N)c1c2ccccc2c(/C(C=N)=C/C(=C)CO)c2cc(-c3cc(-c4ccccc4)cc(-c4ccccc4)c3)ccc12.CN. The molecular formula is C48H44N4O2. The number of nitrogens with two attached hydrogens (primary N) is 1. The van der Waals surface area contributed by atoms with Gasteiger partial charge in [0, 0.05) is 23.6 Å². The molecule has 54 heavy (non-hydrogen) atoms. The summed E-state index contributed by atoms with van der Waals surface area (Å²) in [6, 6.07) is 41.8. The lowest BCUT2D eigenvalue weighted by atomic mass is 9.84. The molecule has 6 aromatic carbocycles. The van der Waals surface area contributed by atoms with Gasteiger partial charge < -0.3 is 26.4 Å². The fourth-order valence-electron chi connectivity index (χ4n) is 6.51. The van der Waals surface area contributed by atoms with E-state index in [1.54, 1.807) is 6.08 Å². The number of nitrogens with one attached hydrogen (secondary N) is 2. The van der Waals surface area contributed by atoms with Crippen molar-refractivity contribution < 1.29 is 9.84 Å². The Morgan fingerprint density at radius 2 is 1.07 bits per heavy atom. The first-order valence-corrected chi connectivity index (χ1v) is 17.4. The molecule has 6 rings (SSSR count). The van der Waals surface area contributed by atoms with Crippen LogP contribution in [0.3, 0.4) is 0 Å². The molecule has 0 unspecified atom stereocenters. The van der Waals surface area contributed by atoms with Crippen molar-refractivity contribution in [1.29, 1.82) is 10.8 Å². The van der Waals surface area contributed by atoms with Crippen molar-refractivity contribution >= 4 is 51.8 Å². The van der Waals surface area contributed by atoms with Gasteiger partial charge >= 0.3 is 0 Å². The highest BCUT2D eigenvalue weighted by molar-refractivity contribution is 6.28. The van der Waals surface area contributed by atoms with Crippen LogP contribution >= 0.6 is 0 Å². The highest BCUT2D eigenvalue weighted by Crippen LogP contribution is 2.42. The lowest BCUT2D eigenvalue weighted by molar-refractivity contribution is 0.283. The molecule has 0 heterocycles. The predicted molar refractivity (Wildman–Crippen MR) is 231 cm³/mol. The molecule has 0 amide bonds. The van der Waals surface area contributed by atoms with Gasteiger partial charge in [0.15, 0.2) is 0 Å². The van der Waals surface area contributed by atoms with E-state index in [1.807, 2.05) is 42.5 Å². The van der Waals surface area contributed by atoms with Gasteiger partial charge in [-0.25, -0.2) is 0 Å². The molecule has 0 saturated heterocycles. The molecule has 0 aliphatic rings. The molecule has 0 radical (unpaired) electrons. The molecular weight excluding hydrogens is 665 g/mol. The second-order valence-electron chi connectivity index (χ2n) is 12.3. The smallest absolute Gasteiger partial charge is 0.112 e. The normalized spacial score (nSPS) is 11.5. The van der Waals surface area contributed by atoms with Crippen molar-refractivity contribution in [1.82, 2.24) is 0 Å². The van der Waals surface area contributed by atoms with Gasteiger partial charge in [-0.3, -0.25) is 4.99 Å². The summed E-state index contributed by atoms with van der Waals surface area (Å²) in [5.74, 6) is 0. The third-order valence-electron chi connectivity index (χ3n) is 8.85. The van der Waals surface area contributed by atoms with Gasteiger partial charge in [-0.15, -0.1) is 0 Å². The van der Waals surface area contributed by atoms with Gasteiger partial charge in [0.1, 0.15) is 12.9 Å². The first kappa shape index (κ1) is 38.5. The maximum absolute atomic E-state index is 9.93. The minimum atomic E-state index is -0.228. The van der Waals surface area contributed by atoms with Gasteiger partial charge in [-0.2, -0.15) is 0 Å². The Labute approximate surface area is 317 Å². The highest BCUT2D eigenvalue weighted by atomic mass is 16.5. The molecule has 0 aliphatic heterocycles. The van der Waals surface area contributed by atoms with Gasteiger partial charge in [-0.1, -0.05) is 110 Å². The average molecular weight is 709 g/mol. The summed E-state index contributed by atoms with van der Waals surface area (Å²) in [5.41, 5.74) is 15.1. The molecule has 0 fully saturated rings. The van der Waals surface area contributed by atoms with Crippen LogP contribution in [0, 0.1) is 10.8 Å². The van der Waals surface area contributed by atoms with Crippen LogP contribution in [-0.2, 0) is 4.74 Å². The van der Waals surface area contributed by atoms with Gasteiger partial charge in [-0.05, 0) is 127 Å². The molecule has 5 N–H and O–H groups in total. The van der Waals surface area contributed by atoms with Crippen molar-refractivity contribution in [3.8, 4) is 33.4 Å². The molecule has 0 bridgehead atoms. The number of aliphatic hydroxyl groups is 1. The van der Waals surface area contributed by atoms with E-state index >= 15 is 0 Å². The minimum Gasteiger partial charge on any atom is -0.495 e. The fraction of sp³-hybridized carbons (Fsp3) is 0.0625. The molecule has 268 valence electrons. The molecule has 0 saturated carbocycles. The first-order valence-electron chi connectivity index (χ1n) is 17.4. The lowest BCUT2D eigenvalue weighted by Gasteiger charge is -2.20. The average Bonchev–Trinajstić information content (AvgIpc) is 3.23. The van der Waals surface area contributed by atoms with Crippen LogP contribution in [0.5, 0.6) is 0 Å². The molecule has 0 aromatic heterocycles. The Hall–Kier alpha value is -6.73. The molecule has 6 heteroatoms.